The molecule has 1 aromatic rings. The summed E-state index contributed by atoms with van der Waals surface area (Å²) in [6.07, 6.45) is 0. The molecule has 16 heavy (non-hydrogen) atoms. The summed E-state index contributed by atoms with van der Waals surface area (Å²) >= 11 is 0. The summed E-state index contributed by atoms with van der Waals surface area (Å²) in [5.74, 6) is 0.652. The van der Waals surface area contributed by atoms with E-state index < -0.39 is 0 Å². The first kappa shape index (κ1) is 12.8. The van der Waals surface area contributed by atoms with Gasteiger partial charge in [0.2, 0.25) is 0 Å². The van der Waals surface area contributed by atoms with Gasteiger partial charge in [-0.3, -0.25) is 0 Å². The first-order valence-corrected chi connectivity index (χ1v) is 5.46. The van der Waals surface area contributed by atoms with E-state index in [0.717, 1.165) is 5.56 Å². The maximum atomic E-state index is 9.50. The monoisotopic (exact) mass is 225 g/mol. The third-order valence-electron chi connectivity index (χ3n) is 2.25. The van der Waals surface area contributed by atoms with Crippen molar-refractivity contribution in [2.75, 3.05) is 13.2 Å². The van der Waals surface area contributed by atoms with Crippen LogP contribution in [0.2, 0.25) is 0 Å². The van der Waals surface area contributed by atoms with Gasteiger partial charge in [-0.15, -0.1) is 0 Å². The number of ether oxygens (including phenoxy) is 1. The Balaban J connectivity index is 2.63. The lowest BCUT2D eigenvalue weighted by atomic mass is 10.2. The number of hydrogen-bond donors (Lipinski definition) is 3. The van der Waals surface area contributed by atoms with E-state index in [1.165, 1.54) is 0 Å². The van der Waals surface area contributed by atoms with E-state index in [0.29, 0.717) is 18.9 Å². The third kappa shape index (κ3) is 3.72. The Morgan fingerprint density at radius 1 is 1.44 bits per heavy atom. The van der Waals surface area contributed by atoms with Crippen molar-refractivity contribution in [3.05, 3.63) is 23.8 Å². The van der Waals surface area contributed by atoms with Crippen LogP contribution in [-0.4, -0.2) is 29.5 Å². The second-order valence-electron chi connectivity index (χ2n) is 3.70. The maximum Gasteiger partial charge on any atom is 0.161 e. The van der Waals surface area contributed by atoms with Crippen molar-refractivity contribution in [1.29, 1.82) is 0 Å². The Kier molecular flexibility index (Phi) is 5.08. The average molecular weight is 225 g/mol. The highest BCUT2D eigenvalue weighted by Gasteiger charge is 2.04. The van der Waals surface area contributed by atoms with Gasteiger partial charge in [-0.2, -0.15) is 0 Å². The predicted octanol–water partition coefficient (Wildman–Crippen LogP) is 1.26. The van der Waals surface area contributed by atoms with Gasteiger partial charge in [-0.25, -0.2) is 0 Å². The molecule has 1 aromatic carbocycles. The molecule has 0 radical (unpaired) electrons. The van der Waals surface area contributed by atoms with E-state index in [4.69, 9.17) is 9.84 Å². The van der Waals surface area contributed by atoms with Gasteiger partial charge >= 0.3 is 0 Å². The molecule has 0 aliphatic rings. The average Bonchev–Trinajstić information content (AvgIpc) is 2.30. The number of aliphatic hydroxyl groups excluding tert-OH is 1. The summed E-state index contributed by atoms with van der Waals surface area (Å²) in [5.41, 5.74) is 1.02. The molecule has 90 valence electrons. The molecule has 1 rings (SSSR count). The first-order valence-electron chi connectivity index (χ1n) is 5.46. The minimum Gasteiger partial charge on any atom is -0.504 e. The lowest BCUT2D eigenvalue weighted by molar-refractivity contribution is 0.251. The van der Waals surface area contributed by atoms with Gasteiger partial charge in [-0.1, -0.05) is 6.07 Å². The second-order valence-corrected chi connectivity index (χ2v) is 3.70. The zero-order chi connectivity index (χ0) is 12.0. The number of aliphatic hydroxyl groups is 1. The predicted molar refractivity (Wildman–Crippen MR) is 62.7 cm³/mol. The Hall–Kier alpha value is -1.26. The van der Waals surface area contributed by atoms with E-state index in [-0.39, 0.29) is 18.4 Å². The van der Waals surface area contributed by atoms with Crippen LogP contribution in [0.25, 0.3) is 0 Å². The number of aromatic hydroxyl groups is 1. The lowest BCUT2D eigenvalue weighted by Gasteiger charge is -2.12. The summed E-state index contributed by atoms with van der Waals surface area (Å²) < 4.78 is 5.28. The molecule has 0 saturated heterocycles. The van der Waals surface area contributed by atoms with E-state index in [1.807, 2.05) is 19.9 Å². The number of rotatable bonds is 6. The summed E-state index contributed by atoms with van der Waals surface area (Å²) in [6.45, 7) is 5.05. The van der Waals surface area contributed by atoms with Crippen molar-refractivity contribution >= 4 is 0 Å². The third-order valence-corrected chi connectivity index (χ3v) is 2.25. The highest BCUT2D eigenvalue weighted by molar-refractivity contribution is 5.41. The van der Waals surface area contributed by atoms with Crippen LogP contribution in [0.4, 0.5) is 0 Å². The van der Waals surface area contributed by atoms with Gasteiger partial charge in [0, 0.05) is 12.6 Å². The van der Waals surface area contributed by atoms with Crippen LogP contribution in [0.1, 0.15) is 19.4 Å². The summed E-state index contributed by atoms with van der Waals surface area (Å²) in [4.78, 5) is 0. The summed E-state index contributed by atoms with van der Waals surface area (Å²) in [6, 6.07) is 5.31. The van der Waals surface area contributed by atoms with Gasteiger partial charge < -0.3 is 20.3 Å². The molecule has 0 aliphatic heterocycles. The van der Waals surface area contributed by atoms with Crippen LogP contribution in [0.3, 0.4) is 0 Å². The maximum absolute atomic E-state index is 9.50. The van der Waals surface area contributed by atoms with Crippen LogP contribution in [-0.2, 0) is 6.54 Å². The molecule has 0 fully saturated rings. The summed E-state index contributed by atoms with van der Waals surface area (Å²) in [7, 11) is 0. The quantitative estimate of drug-likeness (QED) is 0.682. The van der Waals surface area contributed by atoms with Crippen LogP contribution in [0.15, 0.2) is 18.2 Å². The molecule has 4 nitrogen and oxygen atoms in total. The molecular formula is C12H19NO3. The molecule has 0 amide bonds. The number of hydrogen-bond acceptors (Lipinski definition) is 4. The fraction of sp³-hybridized carbons (Fsp3) is 0.500. The Morgan fingerprint density at radius 3 is 2.81 bits per heavy atom. The molecule has 0 aromatic heterocycles. The van der Waals surface area contributed by atoms with Gasteiger partial charge in [0.25, 0.3) is 0 Å². The molecule has 0 aliphatic carbocycles. The minimum atomic E-state index is 0.0596. The van der Waals surface area contributed by atoms with E-state index in [2.05, 4.69) is 5.32 Å². The molecule has 0 spiro atoms. The van der Waals surface area contributed by atoms with Crippen molar-refractivity contribution in [2.45, 2.75) is 26.4 Å². The van der Waals surface area contributed by atoms with Crippen molar-refractivity contribution in [2.24, 2.45) is 0 Å². The molecule has 0 saturated carbocycles. The SMILES string of the molecule is CCOc1cc(CNC(C)CO)ccc1O. The second kappa shape index (κ2) is 6.35. The van der Waals surface area contributed by atoms with Crippen molar-refractivity contribution < 1.29 is 14.9 Å². The lowest BCUT2D eigenvalue weighted by Crippen LogP contribution is -2.28. The number of phenols is 1. The van der Waals surface area contributed by atoms with Crippen molar-refractivity contribution in [3.8, 4) is 11.5 Å². The number of benzene rings is 1. The van der Waals surface area contributed by atoms with Crippen LogP contribution in [0, 0.1) is 0 Å². The Morgan fingerprint density at radius 2 is 2.19 bits per heavy atom. The molecule has 4 heteroatoms. The molecule has 1 unspecified atom stereocenters. The standard InChI is InChI=1S/C12H19NO3/c1-3-16-12-6-10(4-5-11(12)15)7-13-9(2)8-14/h4-6,9,13-15H,3,7-8H2,1-2H3. The van der Waals surface area contributed by atoms with Gasteiger partial charge in [0.15, 0.2) is 11.5 Å². The molecule has 1 atom stereocenters. The van der Waals surface area contributed by atoms with Crippen LogP contribution in [0.5, 0.6) is 11.5 Å². The van der Waals surface area contributed by atoms with Crippen LogP contribution < -0.4 is 10.1 Å². The number of phenolic OH excluding ortho intramolecular Hbond substituents is 1. The van der Waals surface area contributed by atoms with Gasteiger partial charge in [-0.05, 0) is 31.5 Å². The van der Waals surface area contributed by atoms with Gasteiger partial charge in [0.1, 0.15) is 0 Å². The molecule has 0 bridgehead atoms. The van der Waals surface area contributed by atoms with E-state index in [1.54, 1.807) is 12.1 Å². The fourth-order valence-corrected chi connectivity index (χ4v) is 1.30. The highest BCUT2D eigenvalue weighted by atomic mass is 16.5. The van der Waals surface area contributed by atoms with Crippen molar-refractivity contribution in [1.82, 2.24) is 5.32 Å². The molecule has 0 heterocycles. The smallest absolute Gasteiger partial charge is 0.161 e. The van der Waals surface area contributed by atoms with Gasteiger partial charge in [0.05, 0.1) is 13.2 Å². The Bertz CT molecular complexity index is 328. The highest BCUT2D eigenvalue weighted by Crippen LogP contribution is 2.26. The Labute approximate surface area is 95.9 Å². The number of nitrogens with one attached hydrogen (secondary N) is 1. The first-order chi connectivity index (χ1) is 7.67. The zero-order valence-electron chi connectivity index (χ0n) is 9.73. The normalized spacial score (nSPS) is 12.4. The van der Waals surface area contributed by atoms with Crippen molar-refractivity contribution in [3.63, 3.8) is 0 Å². The molecular weight excluding hydrogens is 206 g/mol. The molecule has 3 N–H and O–H groups in total. The van der Waals surface area contributed by atoms with Crippen LogP contribution >= 0.6 is 0 Å². The zero-order valence-corrected chi connectivity index (χ0v) is 9.73. The largest absolute Gasteiger partial charge is 0.504 e. The van der Waals surface area contributed by atoms with E-state index >= 15 is 0 Å². The fourth-order valence-electron chi connectivity index (χ4n) is 1.30. The summed E-state index contributed by atoms with van der Waals surface area (Å²) in [5, 5.41) is 21.5. The minimum absolute atomic E-state index is 0.0596. The topological polar surface area (TPSA) is 61.7 Å². The van der Waals surface area contributed by atoms with E-state index in [9.17, 15) is 5.11 Å².